The molecule has 0 aromatic rings. The number of rotatable bonds is 2. The van der Waals surface area contributed by atoms with Crippen molar-refractivity contribution in [1.82, 2.24) is 4.90 Å². The smallest absolute Gasteiger partial charge is 0.233 e. The van der Waals surface area contributed by atoms with E-state index in [2.05, 4.69) is 0 Å². The second-order valence-electron chi connectivity index (χ2n) is 3.89. The predicted molar refractivity (Wildman–Crippen MR) is 52.3 cm³/mol. The Morgan fingerprint density at radius 2 is 1.80 bits per heavy atom. The van der Waals surface area contributed by atoms with Gasteiger partial charge in [0.2, 0.25) is 11.8 Å². The minimum absolute atomic E-state index is 0.0930. The van der Waals surface area contributed by atoms with E-state index in [0.717, 1.165) is 0 Å². The summed E-state index contributed by atoms with van der Waals surface area (Å²) in [5.74, 6) is -0.517. The van der Waals surface area contributed by atoms with Crippen LogP contribution in [0, 0.1) is 23.2 Å². The number of hydrogen-bond acceptors (Lipinski definition) is 3. The number of carbonyl (C=O) groups excluding carboxylic acids is 2. The lowest BCUT2D eigenvalue weighted by molar-refractivity contribution is -0.139. The van der Waals surface area contributed by atoms with Gasteiger partial charge < -0.3 is 0 Å². The van der Waals surface area contributed by atoms with Crippen molar-refractivity contribution in [2.75, 3.05) is 6.54 Å². The largest absolute Gasteiger partial charge is 0.281 e. The zero-order valence-corrected chi connectivity index (χ0v) is 8.35. The first-order valence-electron chi connectivity index (χ1n) is 5.13. The molecule has 2 atom stereocenters. The van der Waals surface area contributed by atoms with Crippen LogP contribution >= 0.6 is 0 Å². The average molecular weight is 204 g/mol. The third kappa shape index (κ3) is 1.54. The lowest BCUT2D eigenvalue weighted by atomic mass is 9.85. The molecule has 1 saturated heterocycles. The highest BCUT2D eigenvalue weighted by Crippen LogP contribution is 2.34. The molecule has 4 nitrogen and oxygen atoms in total. The molecule has 0 radical (unpaired) electrons. The van der Waals surface area contributed by atoms with E-state index in [1.165, 1.54) is 4.90 Å². The molecular weight excluding hydrogens is 192 g/mol. The number of nitriles is 1. The van der Waals surface area contributed by atoms with Gasteiger partial charge in [-0.05, 0) is 12.8 Å². The quantitative estimate of drug-likeness (QED) is 0.495. The number of imide groups is 1. The van der Waals surface area contributed by atoms with Crippen LogP contribution < -0.4 is 0 Å². The second-order valence-corrected chi connectivity index (χ2v) is 3.89. The van der Waals surface area contributed by atoms with Crippen LogP contribution in [0.25, 0.3) is 0 Å². The summed E-state index contributed by atoms with van der Waals surface area (Å²) in [4.78, 5) is 24.9. The molecule has 1 heterocycles. The maximum atomic E-state index is 11.8. The molecule has 0 N–H and O–H groups in total. The van der Waals surface area contributed by atoms with E-state index in [9.17, 15) is 9.59 Å². The van der Waals surface area contributed by atoms with Crippen LogP contribution in [0.5, 0.6) is 0 Å². The summed E-state index contributed by atoms with van der Waals surface area (Å²) in [6.45, 7) is 0.251. The minimum Gasteiger partial charge on any atom is -0.281 e. The molecule has 78 valence electrons. The molecule has 4 heteroatoms. The number of fused-ring (bicyclic) bond motifs is 1. The fourth-order valence-corrected chi connectivity index (χ4v) is 2.25. The Morgan fingerprint density at radius 1 is 1.27 bits per heavy atom. The van der Waals surface area contributed by atoms with Gasteiger partial charge in [-0.3, -0.25) is 14.5 Å². The third-order valence-corrected chi connectivity index (χ3v) is 3.05. The molecule has 15 heavy (non-hydrogen) atoms. The van der Waals surface area contributed by atoms with E-state index in [1.807, 2.05) is 18.2 Å². The number of allylic oxidation sites excluding steroid dienone is 2. The second kappa shape index (κ2) is 3.85. The van der Waals surface area contributed by atoms with E-state index in [0.29, 0.717) is 12.8 Å². The van der Waals surface area contributed by atoms with Crippen molar-refractivity contribution in [1.29, 1.82) is 5.26 Å². The van der Waals surface area contributed by atoms with Crippen molar-refractivity contribution in [3.63, 3.8) is 0 Å². The number of carbonyl (C=O) groups is 2. The number of hydrogen-bond donors (Lipinski definition) is 0. The summed E-state index contributed by atoms with van der Waals surface area (Å²) in [6, 6.07) is 1.96. The van der Waals surface area contributed by atoms with Crippen molar-refractivity contribution in [3.8, 4) is 6.07 Å². The molecule has 0 unspecified atom stereocenters. The zero-order chi connectivity index (χ0) is 10.8. The number of amides is 2. The van der Waals surface area contributed by atoms with Crippen molar-refractivity contribution < 1.29 is 9.59 Å². The SMILES string of the molecule is N#CCCN1C(=O)[C@@H]2CC=CC[C@H]2C1=O. The third-order valence-electron chi connectivity index (χ3n) is 3.05. The highest BCUT2D eigenvalue weighted by atomic mass is 16.2. The summed E-state index contributed by atoms with van der Waals surface area (Å²) in [7, 11) is 0. The van der Waals surface area contributed by atoms with Gasteiger partial charge in [-0.15, -0.1) is 0 Å². The van der Waals surface area contributed by atoms with E-state index >= 15 is 0 Å². The lowest BCUT2D eigenvalue weighted by Crippen LogP contribution is -2.31. The molecule has 0 spiro atoms. The first-order valence-corrected chi connectivity index (χ1v) is 5.13. The maximum Gasteiger partial charge on any atom is 0.233 e. The van der Waals surface area contributed by atoms with Crippen LogP contribution in [0.4, 0.5) is 0 Å². The molecular formula is C11H12N2O2. The average Bonchev–Trinajstić information content (AvgIpc) is 2.51. The Balaban J connectivity index is 2.14. The molecule has 1 aliphatic carbocycles. The minimum atomic E-state index is -0.166. The standard InChI is InChI=1S/C11H12N2O2/c12-6-3-7-13-10(14)8-4-1-2-5-9(8)11(13)15/h1-2,8-9H,3-5,7H2/t8-,9-/m1/s1. The van der Waals surface area contributed by atoms with Gasteiger partial charge in [0.1, 0.15) is 0 Å². The van der Waals surface area contributed by atoms with Crippen molar-refractivity contribution in [2.24, 2.45) is 11.8 Å². The van der Waals surface area contributed by atoms with Crippen molar-refractivity contribution in [2.45, 2.75) is 19.3 Å². The molecule has 0 aromatic carbocycles. The predicted octanol–water partition coefficient (Wildman–Crippen LogP) is 0.851. The first kappa shape index (κ1) is 9.91. The Morgan fingerprint density at radius 3 is 2.27 bits per heavy atom. The van der Waals surface area contributed by atoms with Gasteiger partial charge in [0.05, 0.1) is 24.3 Å². The monoisotopic (exact) mass is 204 g/mol. The molecule has 0 bridgehead atoms. The Labute approximate surface area is 88.2 Å². The lowest BCUT2D eigenvalue weighted by Gasteiger charge is -2.14. The molecule has 2 amide bonds. The van der Waals surface area contributed by atoms with Gasteiger partial charge in [0.25, 0.3) is 0 Å². The molecule has 1 fully saturated rings. The van der Waals surface area contributed by atoms with E-state index in [1.54, 1.807) is 0 Å². The van der Waals surface area contributed by atoms with Gasteiger partial charge in [-0.25, -0.2) is 0 Å². The van der Waals surface area contributed by atoms with E-state index in [4.69, 9.17) is 5.26 Å². The molecule has 0 saturated carbocycles. The normalized spacial score (nSPS) is 29.1. The van der Waals surface area contributed by atoms with Gasteiger partial charge in [0, 0.05) is 6.54 Å². The Kier molecular flexibility index (Phi) is 2.55. The van der Waals surface area contributed by atoms with Crippen LogP contribution in [-0.2, 0) is 9.59 Å². The van der Waals surface area contributed by atoms with E-state index < -0.39 is 0 Å². The summed E-state index contributed by atoms with van der Waals surface area (Å²) >= 11 is 0. The Bertz CT molecular complexity index is 341. The first-order chi connectivity index (χ1) is 7.25. The van der Waals surface area contributed by atoms with Gasteiger partial charge in [0.15, 0.2) is 0 Å². The van der Waals surface area contributed by atoms with Gasteiger partial charge >= 0.3 is 0 Å². The van der Waals surface area contributed by atoms with Gasteiger partial charge in [-0.2, -0.15) is 5.26 Å². The summed E-state index contributed by atoms with van der Waals surface area (Å²) < 4.78 is 0. The summed E-state index contributed by atoms with van der Waals surface area (Å²) in [5.41, 5.74) is 0. The Hall–Kier alpha value is -1.63. The van der Waals surface area contributed by atoms with Crippen LogP contribution in [0.15, 0.2) is 12.2 Å². The van der Waals surface area contributed by atoms with Crippen molar-refractivity contribution in [3.05, 3.63) is 12.2 Å². The molecule has 2 rings (SSSR count). The number of nitrogens with zero attached hydrogens (tertiary/aromatic N) is 2. The molecule has 0 aromatic heterocycles. The number of likely N-dealkylation sites (tertiary alicyclic amines) is 1. The fourth-order valence-electron chi connectivity index (χ4n) is 2.25. The van der Waals surface area contributed by atoms with Crippen LogP contribution in [0.3, 0.4) is 0 Å². The molecule has 1 aliphatic heterocycles. The van der Waals surface area contributed by atoms with Gasteiger partial charge in [-0.1, -0.05) is 12.2 Å². The summed E-state index contributed by atoms with van der Waals surface area (Å²) in [6.07, 6.45) is 5.47. The fraction of sp³-hybridized carbons (Fsp3) is 0.545. The zero-order valence-electron chi connectivity index (χ0n) is 8.35. The van der Waals surface area contributed by atoms with Crippen LogP contribution in [0.2, 0.25) is 0 Å². The van der Waals surface area contributed by atoms with E-state index in [-0.39, 0.29) is 36.6 Å². The maximum absolute atomic E-state index is 11.8. The summed E-state index contributed by atoms with van der Waals surface area (Å²) in [5, 5.41) is 8.45. The highest BCUT2D eigenvalue weighted by Gasteiger charge is 2.46. The van der Waals surface area contributed by atoms with Crippen LogP contribution in [0.1, 0.15) is 19.3 Å². The van der Waals surface area contributed by atoms with Crippen molar-refractivity contribution >= 4 is 11.8 Å². The molecule has 2 aliphatic rings. The highest BCUT2D eigenvalue weighted by molar-refractivity contribution is 6.05. The van der Waals surface area contributed by atoms with Crippen LogP contribution in [-0.4, -0.2) is 23.3 Å². The topological polar surface area (TPSA) is 61.2 Å².